The van der Waals surface area contributed by atoms with Crippen molar-refractivity contribution >= 4 is 17.7 Å². The summed E-state index contributed by atoms with van der Waals surface area (Å²) in [5.41, 5.74) is 1.62. The van der Waals surface area contributed by atoms with E-state index in [1.807, 2.05) is 25.2 Å². The molecule has 0 radical (unpaired) electrons. The van der Waals surface area contributed by atoms with Gasteiger partial charge in [0.1, 0.15) is 0 Å². The van der Waals surface area contributed by atoms with E-state index in [1.165, 1.54) is 22.4 Å². The van der Waals surface area contributed by atoms with E-state index in [0.29, 0.717) is 29.0 Å². The second-order valence-corrected chi connectivity index (χ2v) is 7.43. The normalized spacial score (nSPS) is 12.2. The van der Waals surface area contributed by atoms with Gasteiger partial charge in [0.05, 0.1) is 5.75 Å². The molecule has 2 aromatic heterocycles. The number of aromatic nitrogens is 4. The zero-order valence-electron chi connectivity index (χ0n) is 15.9. The van der Waals surface area contributed by atoms with E-state index in [2.05, 4.69) is 15.5 Å². The number of hydrogen-bond donors (Lipinski definition) is 1. The molecule has 9 nitrogen and oxygen atoms in total. The highest BCUT2D eigenvalue weighted by Gasteiger charge is 2.15. The average molecular weight is 413 g/mol. The van der Waals surface area contributed by atoms with Crippen molar-refractivity contribution in [1.82, 2.24) is 24.6 Å². The van der Waals surface area contributed by atoms with Crippen LogP contribution < -0.4 is 20.3 Å². The molecular formula is C19H19N5O4S. The average Bonchev–Trinajstić information content (AvgIpc) is 3.33. The molecule has 1 aromatic carbocycles. The molecule has 3 heterocycles. The number of carbonyl (C=O) groups is 1. The van der Waals surface area contributed by atoms with Crippen molar-refractivity contribution in [1.29, 1.82) is 0 Å². The van der Waals surface area contributed by atoms with Gasteiger partial charge in [-0.05, 0) is 23.8 Å². The van der Waals surface area contributed by atoms with Crippen molar-refractivity contribution in [2.75, 3.05) is 12.5 Å². The predicted molar refractivity (Wildman–Crippen MR) is 107 cm³/mol. The number of nitrogens with zero attached hydrogens (tertiary/aromatic N) is 4. The van der Waals surface area contributed by atoms with Gasteiger partial charge in [-0.2, -0.15) is 0 Å². The van der Waals surface area contributed by atoms with Gasteiger partial charge in [0, 0.05) is 38.5 Å². The number of nitrogens with one attached hydrogen (secondary N) is 1. The summed E-state index contributed by atoms with van der Waals surface area (Å²) in [5.74, 6) is 2.13. The Hall–Kier alpha value is -3.27. The zero-order valence-corrected chi connectivity index (χ0v) is 16.7. The Balaban J connectivity index is 1.34. The number of rotatable bonds is 6. The maximum atomic E-state index is 12.2. The summed E-state index contributed by atoms with van der Waals surface area (Å²) in [6, 6.07) is 8.78. The van der Waals surface area contributed by atoms with Crippen molar-refractivity contribution in [2.24, 2.45) is 14.1 Å². The Morgan fingerprint density at radius 3 is 2.83 bits per heavy atom. The van der Waals surface area contributed by atoms with Crippen molar-refractivity contribution < 1.29 is 14.3 Å². The first kappa shape index (κ1) is 19.1. The van der Waals surface area contributed by atoms with E-state index < -0.39 is 0 Å². The second kappa shape index (κ2) is 8.00. The highest BCUT2D eigenvalue weighted by molar-refractivity contribution is 7.99. The Morgan fingerprint density at radius 1 is 1.17 bits per heavy atom. The second-order valence-electron chi connectivity index (χ2n) is 6.49. The van der Waals surface area contributed by atoms with Gasteiger partial charge < -0.3 is 23.9 Å². The van der Waals surface area contributed by atoms with Crippen LogP contribution in [0.3, 0.4) is 0 Å². The van der Waals surface area contributed by atoms with Crippen LogP contribution in [-0.4, -0.2) is 37.8 Å². The fraction of sp³-hybridized carbons (Fsp3) is 0.263. The van der Waals surface area contributed by atoms with Crippen LogP contribution in [0.25, 0.3) is 11.4 Å². The van der Waals surface area contributed by atoms with Gasteiger partial charge in [0.2, 0.25) is 18.3 Å². The molecule has 0 fully saturated rings. The minimum absolute atomic E-state index is 0.0929. The standard InChI is InChI=1S/C19H19N5O4S/c1-23-9-13(4-6-17(23)26)18-21-22-19(24(18)2)29-10-16(25)20-8-12-3-5-14-15(7-12)28-11-27-14/h3-7,9H,8,10-11H2,1-2H3,(H,20,25). The van der Waals surface area contributed by atoms with Crippen LogP contribution in [0.4, 0.5) is 0 Å². The molecule has 1 N–H and O–H groups in total. The van der Waals surface area contributed by atoms with E-state index >= 15 is 0 Å². The molecule has 0 saturated heterocycles. The number of ether oxygens (including phenoxy) is 2. The van der Waals surface area contributed by atoms with Gasteiger partial charge in [-0.25, -0.2) is 0 Å². The number of thioether (sulfide) groups is 1. The van der Waals surface area contributed by atoms with Crippen LogP contribution in [0.5, 0.6) is 11.5 Å². The summed E-state index contributed by atoms with van der Waals surface area (Å²) in [6.45, 7) is 0.624. The van der Waals surface area contributed by atoms with Crippen LogP contribution in [0.1, 0.15) is 5.56 Å². The third-order valence-corrected chi connectivity index (χ3v) is 5.46. The fourth-order valence-corrected chi connectivity index (χ4v) is 3.59. The van der Waals surface area contributed by atoms with E-state index in [-0.39, 0.29) is 24.0 Å². The topological polar surface area (TPSA) is 100 Å². The lowest BCUT2D eigenvalue weighted by atomic mass is 10.2. The van der Waals surface area contributed by atoms with Gasteiger partial charge in [0.25, 0.3) is 0 Å². The third-order valence-electron chi connectivity index (χ3n) is 4.44. The number of amides is 1. The highest BCUT2D eigenvalue weighted by Crippen LogP contribution is 2.32. The fourth-order valence-electron chi connectivity index (χ4n) is 2.85. The molecule has 1 amide bonds. The number of fused-ring (bicyclic) bond motifs is 1. The smallest absolute Gasteiger partial charge is 0.250 e. The number of carbonyl (C=O) groups excluding carboxylic acids is 1. The van der Waals surface area contributed by atoms with Crippen molar-refractivity contribution in [3.63, 3.8) is 0 Å². The van der Waals surface area contributed by atoms with Crippen LogP contribution in [0.2, 0.25) is 0 Å². The Kier molecular flexibility index (Phi) is 5.26. The first-order chi connectivity index (χ1) is 14.0. The summed E-state index contributed by atoms with van der Waals surface area (Å²) in [4.78, 5) is 23.8. The lowest BCUT2D eigenvalue weighted by molar-refractivity contribution is -0.118. The lowest BCUT2D eigenvalue weighted by Crippen LogP contribution is -2.24. The van der Waals surface area contributed by atoms with Gasteiger partial charge in [-0.15, -0.1) is 10.2 Å². The Labute approximate surface area is 170 Å². The SMILES string of the molecule is Cn1c(SCC(=O)NCc2ccc3c(c2)OCO3)nnc1-c1ccc(=O)n(C)c1. The third kappa shape index (κ3) is 4.11. The monoisotopic (exact) mass is 413 g/mol. The van der Waals surface area contributed by atoms with Crippen molar-refractivity contribution in [3.8, 4) is 22.9 Å². The molecule has 1 aliphatic rings. The first-order valence-corrected chi connectivity index (χ1v) is 9.84. The molecule has 150 valence electrons. The molecular weight excluding hydrogens is 394 g/mol. The van der Waals surface area contributed by atoms with Crippen molar-refractivity contribution in [3.05, 3.63) is 52.4 Å². The largest absolute Gasteiger partial charge is 0.454 e. The predicted octanol–water partition coefficient (Wildman–Crippen LogP) is 1.32. The molecule has 10 heteroatoms. The van der Waals surface area contributed by atoms with Gasteiger partial charge in [-0.1, -0.05) is 17.8 Å². The van der Waals surface area contributed by atoms with E-state index in [9.17, 15) is 9.59 Å². The summed E-state index contributed by atoms with van der Waals surface area (Å²) in [7, 11) is 3.51. The number of pyridine rings is 1. The molecule has 0 saturated carbocycles. The lowest BCUT2D eigenvalue weighted by Gasteiger charge is -2.07. The van der Waals surface area contributed by atoms with Crippen LogP contribution in [-0.2, 0) is 25.4 Å². The maximum absolute atomic E-state index is 12.2. The summed E-state index contributed by atoms with van der Waals surface area (Å²) < 4.78 is 13.9. The quantitative estimate of drug-likeness (QED) is 0.608. The Bertz CT molecular complexity index is 1120. The van der Waals surface area contributed by atoms with Gasteiger partial charge >= 0.3 is 0 Å². The molecule has 3 aromatic rings. The summed E-state index contributed by atoms with van der Waals surface area (Å²) in [6.07, 6.45) is 1.71. The van der Waals surface area contributed by atoms with E-state index in [1.54, 1.807) is 23.9 Å². The highest BCUT2D eigenvalue weighted by atomic mass is 32.2. The maximum Gasteiger partial charge on any atom is 0.250 e. The minimum Gasteiger partial charge on any atom is -0.454 e. The summed E-state index contributed by atoms with van der Waals surface area (Å²) in [5, 5.41) is 11.8. The molecule has 29 heavy (non-hydrogen) atoms. The zero-order chi connectivity index (χ0) is 20.4. The Morgan fingerprint density at radius 2 is 2.00 bits per heavy atom. The van der Waals surface area contributed by atoms with Gasteiger partial charge in [-0.3, -0.25) is 9.59 Å². The molecule has 4 rings (SSSR count). The molecule has 0 atom stereocenters. The molecule has 1 aliphatic heterocycles. The minimum atomic E-state index is -0.112. The number of benzene rings is 1. The van der Waals surface area contributed by atoms with Crippen LogP contribution >= 0.6 is 11.8 Å². The molecule has 0 spiro atoms. The first-order valence-electron chi connectivity index (χ1n) is 8.86. The van der Waals surface area contributed by atoms with Crippen molar-refractivity contribution in [2.45, 2.75) is 11.7 Å². The molecule has 0 unspecified atom stereocenters. The van der Waals surface area contributed by atoms with Crippen LogP contribution in [0, 0.1) is 0 Å². The van der Waals surface area contributed by atoms with Crippen LogP contribution in [0.15, 0.2) is 46.5 Å². The summed E-state index contributed by atoms with van der Waals surface area (Å²) >= 11 is 1.30. The number of aryl methyl sites for hydroxylation is 1. The molecule has 0 bridgehead atoms. The number of hydrogen-bond acceptors (Lipinski definition) is 7. The van der Waals surface area contributed by atoms with E-state index in [4.69, 9.17) is 9.47 Å². The van der Waals surface area contributed by atoms with E-state index in [0.717, 1.165) is 11.1 Å². The molecule has 0 aliphatic carbocycles. The van der Waals surface area contributed by atoms with Gasteiger partial charge in [0.15, 0.2) is 22.5 Å².